The van der Waals surface area contributed by atoms with Gasteiger partial charge in [0, 0.05) is 18.6 Å². The van der Waals surface area contributed by atoms with Crippen LogP contribution < -0.4 is 10.6 Å². The van der Waals surface area contributed by atoms with E-state index < -0.39 is 6.10 Å². The average Bonchev–Trinajstić information content (AvgIpc) is 2.59. The van der Waals surface area contributed by atoms with Crippen molar-refractivity contribution in [3.05, 3.63) is 0 Å². The van der Waals surface area contributed by atoms with Gasteiger partial charge in [-0.1, -0.05) is 38.5 Å². The van der Waals surface area contributed by atoms with Crippen LogP contribution in [0.5, 0.6) is 0 Å². The second-order valence-electron chi connectivity index (χ2n) is 7.16. The van der Waals surface area contributed by atoms with Crippen LogP contribution in [0.2, 0.25) is 0 Å². The smallest absolute Gasteiger partial charge is 0.250 e. The first-order valence-electron chi connectivity index (χ1n) is 9.50. The molecular formula is C18H34N2O3. The van der Waals surface area contributed by atoms with Gasteiger partial charge in [0.25, 0.3) is 5.91 Å². The van der Waals surface area contributed by atoms with Crippen LogP contribution >= 0.6 is 0 Å². The van der Waals surface area contributed by atoms with E-state index >= 15 is 0 Å². The van der Waals surface area contributed by atoms with Gasteiger partial charge in [0.2, 0.25) is 0 Å². The number of rotatable bonds is 8. The SMILES string of the molecule is CC(NC1CCCCC1)C(O)C(=O)NCCOC1CCCCC1. The molecule has 5 heteroatoms. The number of ether oxygens (including phenoxy) is 1. The lowest BCUT2D eigenvalue weighted by Crippen LogP contribution is -2.51. The van der Waals surface area contributed by atoms with Gasteiger partial charge in [-0.3, -0.25) is 4.79 Å². The molecular weight excluding hydrogens is 292 g/mol. The van der Waals surface area contributed by atoms with E-state index in [1.807, 2.05) is 6.92 Å². The second kappa shape index (κ2) is 10.3. The minimum Gasteiger partial charge on any atom is -0.382 e. The Balaban J connectivity index is 1.57. The molecule has 23 heavy (non-hydrogen) atoms. The van der Waals surface area contributed by atoms with Crippen molar-refractivity contribution in [2.24, 2.45) is 0 Å². The summed E-state index contributed by atoms with van der Waals surface area (Å²) in [6.07, 6.45) is 11.5. The first-order valence-corrected chi connectivity index (χ1v) is 9.50. The lowest BCUT2D eigenvalue weighted by molar-refractivity contribution is -0.131. The number of amides is 1. The number of aliphatic hydroxyl groups excluding tert-OH is 1. The molecule has 0 spiro atoms. The minimum atomic E-state index is -0.994. The molecule has 0 aromatic carbocycles. The van der Waals surface area contributed by atoms with Crippen LogP contribution in [0.1, 0.15) is 71.1 Å². The Kier molecular flexibility index (Phi) is 8.34. The summed E-state index contributed by atoms with van der Waals surface area (Å²) in [6.45, 7) is 2.90. The first kappa shape index (κ1) is 18.7. The fraction of sp³-hybridized carbons (Fsp3) is 0.944. The molecule has 0 aromatic heterocycles. The summed E-state index contributed by atoms with van der Waals surface area (Å²) in [4.78, 5) is 12.0. The van der Waals surface area contributed by atoms with E-state index in [0.717, 1.165) is 25.7 Å². The lowest BCUT2D eigenvalue weighted by atomic mass is 9.94. The Labute approximate surface area is 140 Å². The predicted octanol–water partition coefficient (Wildman–Crippen LogP) is 2.12. The van der Waals surface area contributed by atoms with Gasteiger partial charge in [0.15, 0.2) is 0 Å². The van der Waals surface area contributed by atoms with Crippen LogP contribution in [0.4, 0.5) is 0 Å². The second-order valence-corrected chi connectivity index (χ2v) is 7.16. The third kappa shape index (κ3) is 6.77. The normalized spacial score (nSPS) is 23.4. The quantitative estimate of drug-likeness (QED) is 0.598. The van der Waals surface area contributed by atoms with Gasteiger partial charge in [-0.15, -0.1) is 0 Å². The van der Waals surface area contributed by atoms with Crippen LogP contribution in [-0.4, -0.2) is 48.5 Å². The van der Waals surface area contributed by atoms with Gasteiger partial charge in [-0.25, -0.2) is 0 Å². The molecule has 3 N–H and O–H groups in total. The molecule has 0 radical (unpaired) electrons. The van der Waals surface area contributed by atoms with Crippen LogP contribution in [0, 0.1) is 0 Å². The number of nitrogens with one attached hydrogen (secondary N) is 2. The van der Waals surface area contributed by atoms with Gasteiger partial charge in [0.1, 0.15) is 6.10 Å². The van der Waals surface area contributed by atoms with Crippen molar-refractivity contribution in [1.82, 2.24) is 10.6 Å². The molecule has 2 fully saturated rings. The van der Waals surface area contributed by atoms with E-state index in [2.05, 4.69) is 10.6 Å². The minimum absolute atomic E-state index is 0.211. The molecule has 2 atom stereocenters. The maximum atomic E-state index is 12.0. The van der Waals surface area contributed by atoms with E-state index in [0.29, 0.717) is 25.3 Å². The maximum absolute atomic E-state index is 12.0. The standard InChI is InChI=1S/C18H34N2O3/c1-14(20-15-8-4-2-5-9-15)17(21)18(22)19-12-13-23-16-10-6-3-7-11-16/h14-17,20-21H,2-13H2,1H3,(H,19,22). The zero-order chi connectivity index (χ0) is 16.5. The topological polar surface area (TPSA) is 70.6 Å². The average molecular weight is 326 g/mol. The van der Waals surface area contributed by atoms with E-state index in [4.69, 9.17) is 4.74 Å². The Morgan fingerprint density at radius 1 is 1.09 bits per heavy atom. The molecule has 0 aliphatic heterocycles. The van der Waals surface area contributed by atoms with E-state index in [9.17, 15) is 9.90 Å². The highest BCUT2D eigenvalue weighted by atomic mass is 16.5. The number of hydrogen-bond donors (Lipinski definition) is 3. The monoisotopic (exact) mass is 326 g/mol. The summed E-state index contributed by atoms with van der Waals surface area (Å²) in [5.41, 5.74) is 0. The number of carbonyl (C=O) groups is 1. The number of carbonyl (C=O) groups excluding carboxylic acids is 1. The summed E-state index contributed by atoms with van der Waals surface area (Å²) < 4.78 is 5.78. The highest BCUT2D eigenvalue weighted by Crippen LogP contribution is 2.20. The van der Waals surface area contributed by atoms with Crippen molar-refractivity contribution < 1.29 is 14.6 Å². The highest BCUT2D eigenvalue weighted by Gasteiger charge is 2.25. The van der Waals surface area contributed by atoms with Gasteiger partial charge in [-0.05, 0) is 32.6 Å². The Morgan fingerprint density at radius 2 is 1.70 bits per heavy atom. The van der Waals surface area contributed by atoms with Crippen molar-refractivity contribution in [2.45, 2.75) is 95.4 Å². The zero-order valence-corrected chi connectivity index (χ0v) is 14.6. The summed E-state index contributed by atoms with van der Waals surface area (Å²) >= 11 is 0. The molecule has 0 bridgehead atoms. The molecule has 2 aliphatic carbocycles. The Hall–Kier alpha value is -0.650. The molecule has 134 valence electrons. The molecule has 1 amide bonds. The molecule has 2 rings (SSSR count). The highest BCUT2D eigenvalue weighted by molar-refractivity contribution is 5.81. The summed E-state index contributed by atoms with van der Waals surface area (Å²) in [6, 6.07) is 0.230. The molecule has 0 aromatic rings. The van der Waals surface area contributed by atoms with Crippen LogP contribution in [0.25, 0.3) is 0 Å². The van der Waals surface area contributed by atoms with Crippen molar-refractivity contribution in [3.63, 3.8) is 0 Å². The van der Waals surface area contributed by atoms with Gasteiger partial charge in [0.05, 0.1) is 12.7 Å². The number of aliphatic hydroxyl groups is 1. The fourth-order valence-electron chi connectivity index (χ4n) is 3.70. The summed E-state index contributed by atoms with van der Waals surface area (Å²) in [5.74, 6) is -0.298. The van der Waals surface area contributed by atoms with Gasteiger partial charge in [-0.2, -0.15) is 0 Å². The maximum Gasteiger partial charge on any atom is 0.250 e. The van der Waals surface area contributed by atoms with Gasteiger partial charge < -0.3 is 20.5 Å². The third-order valence-corrected chi connectivity index (χ3v) is 5.15. The predicted molar refractivity (Wildman–Crippen MR) is 91.3 cm³/mol. The van der Waals surface area contributed by atoms with E-state index in [1.165, 1.54) is 38.5 Å². The lowest BCUT2D eigenvalue weighted by Gasteiger charge is -2.28. The molecule has 2 aliphatic rings. The van der Waals surface area contributed by atoms with Gasteiger partial charge >= 0.3 is 0 Å². The van der Waals surface area contributed by atoms with Crippen molar-refractivity contribution in [2.75, 3.05) is 13.2 Å². The van der Waals surface area contributed by atoms with Crippen molar-refractivity contribution in [1.29, 1.82) is 0 Å². The Morgan fingerprint density at radius 3 is 2.35 bits per heavy atom. The number of hydrogen-bond acceptors (Lipinski definition) is 4. The van der Waals surface area contributed by atoms with E-state index in [-0.39, 0.29) is 11.9 Å². The zero-order valence-electron chi connectivity index (χ0n) is 14.6. The molecule has 0 heterocycles. The van der Waals surface area contributed by atoms with Crippen molar-refractivity contribution >= 4 is 5.91 Å². The molecule has 2 unspecified atom stereocenters. The third-order valence-electron chi connectivity index (χ3n) is 5.15. The van der Waals surface area contributed by atoms with E-state index in [1.54, 1.807) is 0 Å². The summed E-state index contributed by atoms with van der Waals surface area (Å²) in [7, 11) is 0. The fourth-order valence-corrected chi connectivity index (χ4v) is 3.70. The summed E-state index contributed by atoms with van der Waals surface area (Å²) in [5, 5.41) is 16.3. The van der Waals surface area contributed by atoms with Crippen LogP contribution in [-0.2, 0) is 9.53 Å². The Bertz CT molecular complexity index is 339. The molecule has 5 nitrogen and oxygen atoms in total. The van der Waals surface area contributed by atoms with Crippen LogP contribution in [0.15, 0.2) is 0 Å². The first-order chi connectivity index (χ1) is 11.2. The van der Waals surface area contributed by atoms with Crippen molar-refractivity contribution in [3.8, 4) is 0 Å². The molecule has 2 saturated carbocycles. The van der Waals surface area contributed by atoms with Crippen LogP contribution in [0.3, 0.4) is 0 Å². The molecule has 0 saturated heterocycles. The largest absolute Gasteiger partial charge is 0.382 e.